The molecule has 0 atom stereocenters. The number of rotatable bonds is 7. The summed E-state index contributed by atoms with van der Waals surface area (Å²) in [5.74, 6) is 1.76. The van der Waals surface area contributed by atoms with Crippen LogP contribution in [0.15, 0.2) is 66.7 Å². The number of methoxy groups -OCH3 is 1. The van der Waals surface area contributed by atoms with Crippen molar-refractivity contribution < 1.29 is 9.53 Å². The number of amides is 1. The van der Waals surface area contributed by atoms with Crippen LogP contribution in [0.4, 0.5) is 0 Å². The number of hydrogen-bond acceptors (Lipinski definition) is 4. The van der Waals surface area contributed by atoms with E-state index in [2.05, 4.69) is 51.6 Å². The predicted molar refractivity (Wildman–Crippen MR) is 126 cm³/mol. The summed E-state index contributed by atoms with van der Waals surface area (Å²) in [6.45, 7) is 3.04. The highest BCUT2D eigenvalue weighted by molar-refractivity contribution is 6.06. The molecule has 1 aliphatic heterocycles. The van der Waals surface area contributed by atoms with Crippen molar-refractivity contribution in [2.75, 3.05) is 20.2 Å². The standard InChI is InChI=1S/C26H26N4O2/c1-32-21-11-7-18(8-12-21)13-14-27-17-19-5-9-20(10-6-19)25-29-23-4-2-3-22-24(23)30(25)16-15-28-26(22)31/h2-12,27H,13-17H2,1H3,(H,28,31). The second kappa shape index (κ2) is 8.85. The molecular weight excluding hydrogens is 400 g/mol. The number of hydrogen-bond donors (Lipinski definition) is 2. The highest BCUT2D eigenvalue weighted by Gasteiger charge is 2.21. The maximum Gasteiger partial charge on any atom is 0.253 e. The quantitative estimate of drug-likeness (QED) is 0.441. The summed E-state index contributed by atoms with van der Waals surface area (Å²) in [4.78, 5) is 17.2. The van der Waals surface area contributed by atoms with Crippen LogP contribution in [-0.2, 0) is 19.5 Å². The number of ether oxygens (including phenoxy) is 1. The van der Waals surface area contributed by atoms with Gasteiger partial charge in [0, 0.05) is 25.2 Å². The maximum absolute atomic E-state index is 12.4. The summed E-state index contributed by atoms with van der Waals surface area (Å²) in [6, 6.07) is 22.5. The molecule has 2 N–H and O–H groups in total. The van der Waals surface area contributed by atoms with Crippen LogP contribution in [0.25, 0.3) is 22.4 Å². The van der Waals surface area contributed by atoms with Gasteiger partial charge in [-0.25, -0.2) is 4.98 Å². The number of nitrogens with zero attached hydrogens (tertiary/aromatic N) is 2. The Bertz CT molecular complexity index is 1240. The van der Waals surface area contributed by atoms with Gasteiger partial charge in [-0.1, -0.05) is 42.5 Å². The number of imidazole rings is 1. The Morgan fingerprint density at radius 3 is 2.59 bits per heavy atom. The van der Waals surface area contributed by atoms with Crippen molar-refractivity contribution in [3.05, 3.63) is 83.4 Å². The Morgan fingerprint density at radius 1 is 1.03 bits per heavy atom. The van der Waals surface area contributed by atoms with Crippen molar-refractivity contribution in [3.8, 4) is 17.1 Å². The highest BCUT2D eigenvalue weighted by atomic mass is 16.5. The van der Waals surface area contributed by atoms with E-state index in [0.29, 0.717) is 18.7 Å². The topological polar surface area (TPSA) is 68.2 Å². The third-order valence-corrected chi connectivity index (χ3v) is 5.92. The molecule has 0 fully saturated rings. The minimum Gasteiger partial charge on any atom is -0.497 e. The monoisotopic (exact) mass is 426 g/mol. The van der Waals surface area contributed by atoms with E-state index in [1.54, 1.807) is 7.11 Å². The van der Waals surface area contributed by atoms with Gasteiger partial charge in [0.05, 0.1) is 23.7 Å². The number of carbonyl (C=O) groups excluding carboxylic acids is 1. The maximum atomic E-state index is 12.4. The fourth-order valence-electron chi connectivity index (χ4n) is 4.21. The molecule has 0 saturated heterocycles. The molecule has 1 amide bonds. The number of aromatic nitrogens is 2. The van der Waals surface area contributed by atoms with Gasteiger partial charge in [-0.05, 0) is 48.4 Å². The van der Waals surface area contributed by atoms with Gasteiger partial charge in [-0.2, -0.15) is 0 Å². The molecule has 1 aromatic heterocycles. The van der Waals surface area contributed by atoms with Crippen LogP contribution in [0, 0.1) is 0 Å². The first-order valence-electron chi connectivity index (χ1n) is 10.9. The Kier molecular flexibility index (Phi) is 5.60. The number of benzene rings is 3. The normalized spacial score (nSPS) is 13.1. The molecule has 32 heavy (non-hydrogen) atoms. The Morgan fingerprint density at radius 2 is 1.81 bits per heavy atom. The van der Waals surface area contributed by atoms with E-state index in [1.165, 1.54) is 11.1 Å². The minimum atomic E-state index is -0.0307. The van der Waals surface area contributed by atoms with E-state index in [-0.39, 0.29) is 5.91 Å². The lowest BCUT2D eigenvalue weighted by molar-refractivity contribution is 0.0956. The van der Waals surface area contributed by atoms with Gasteiger partial charge in [-0.15, -0.1) is 0 Å². The molecule has 0 bridgehead atoms. The zero-order valence-corrected chi connectivity index (χ0v) is 18.1. The second-order valence-corrected chi connectivity index (χ2v) is 7.99. The van der Waals surface area contributed by atoms with E-state index in [1.807, 2.05) is 30.3 Å². The van der Waals surface area contributed by atoms with Crippen molar-refractivity contribution >= 4 is 16.9 Å². The smallest absolute Gasteiger partial charge is 0.253 e. The summed E-state index contributed by atoms with van der Waals surface area (Å²) in [7, 11) is 1.68. The van der Waals surface area contributed by atoms with Crippen LogP contribution < -0.4 is 15.4 Å². The number of para-hydroxylation sites is 1. The number of nitrogens with one attached hydrogen (secondary N) is 2. The first kappa shape index (κ1) is 20.3. The largest absolute Gasteiger partial charge is 0.497 e. The Labute approximate surface area is 187 Å². The fourth-order valence-corrected chi connectivity index (χ4v) is 4.21. The SMILES string of the molecule is COc1ccc(CCNCc2ccc(-c3nc4cccc5c4n3CCNC5=O)cc2)cc1. The first-order chi connectivity index (χ1) is 15.7. The summed E-state index contributed by atoms with van der Waals surface area (Å²) in [5, 5.41) is 6.48. The Hall–Kier alpha value is -3.64. The van der Waals surface area contributed by atoms with Gasteiger partial charge in [0.15, 0.2) is 0 Å². The molecule has 0 saturated carbocycles. The van der Waals surface area contributed by atoms with E-state index >= 15 is 0 Å². The van der Waals surface area contributed by atoms with Gasteiger partial charge in [-0.3, -0.25) is 4.79 Å². The van der Waals surface area contributed by atoms with Gasteiger partial charge in [0.1, 0.15) is 11.6 Å². The van der Waals surface area contributed by atoms with Crippen molar-refractivity contribution in [2.24, 2.45) is 0 Å². The van der Waals surface area contributed by atoms with Crippen molar-refractivity contribution in [1.29, 1.82) is 0 Å². The zero-order valence-electron chi connectivity index (χ0n) is 18.1. The van der Waals surface area contributed by atoms with E-state index < -0.39 is 0 Å². The lowest BCUT2D eigenvalue weighted by atomic mass is 10.1. The van der Waals surface area contributed by atoms with Gasteiger partial charge in [0.25, 0.3) is 5.91 Å². The molecule has 162 valence electrons. The predicted octanol–water partition coefficient (Wildman–Crippen LogP) is 3.79. The second-order valence-electron chi connectivity index (χ2n) is 7.99. The lowest BCUT2D eigenvalue weighted by Crippen LogP contribution is -2.24. The van der Waals surface area contributed by atoms with E-state index in [0.717, 1.165) is 47.7 Å². The summed E-state index contributed by atoms with van der Waals surface area (Å²) in [6.07, 6.45) is 0.973. The summed E-state index contributed by atoms with van der Waals surface area (Å²) < 4.78 is 7.36. The molecule has 3 aromatic carbocycles. The van der Waals surface area contributed by atoms with Crippen molar-refractivity contribution in [2.45, 2.75) is 19.5 Å². The summed E-state index contributed by atoms with van der Waals surface area (Å²) in [5.41, 5.74) is 6.05. The number of carbonyl (C=O) groups is 1. The van der Waals surface area contributed by atoms with Gasteiger partial charge in [0.2, 0.25) is 0 Å². The van der Waals surface area contributed by atoms with Crippen LogP contribution in [0.1, 0.15) is 21.5 Å². The van der Waals surface area contributed by atoms with E-state index in [9.17, 15) is 4.79 Å². The molecule has 1 aliphatic rings. The molecule has 0 unspecified atom stereocenters. The molecular formula is C26H26N4O2. The highest BCUT2D eigenvalue weighted by Crippen LogP contribution is 2.28. The molecule has 6 heteroatoms. The van der Waals surface area contributed by atoms with Gasteiger partial charge >= 0.3 is 0 Å². The van der Waals surface area contributed by atoms with Crippen LogP contribution in [-0.4, -0.2) is 35.7 Å². The third-order valence-electron chi connectivity index (χ3n) is 5.92. The van der Waals surface area contributed by atoms with Crippen molar-refractivity contribution in [1.82, 2.24) is 20.2 Å². The van der Waals surface area contributed by atoms with Crippen molar-refractivity contribution in [3.63, 3.8) is 0 Å². The summed E-state index contributed by atoms with van der Waals surface area (Å²) >= 11 is 0. The van der Waals surface area contributed by atoms with Crippen LogP contribution in [0.3, 0.4) is 0 Å². The Balaban J connectivity index is 1.27. The van der Waals surface area contributed by atoms with Crippen LogP contribution in [0.5, 0.6) is 5.75 Å². The molecule has 0 radical (unpaired) electrons. The minimum absolute atomic E-state index is 0.0307. The first-order valence-corrected chi connectivity index (χ1v) is 10.9. The van der Waals surface area contributed by atoms with Crippen LogP contribution in [0.2, 0.25) is 0 Å². The van der Waals surface area contributed by atoms with Gasteiger partial charge < -0.3 is 19.9 Å². The molecule has 6 nitrogen and oxygen atoms in total. The average Bonchev–Trinajstić information content (AvgIpc) is 3.12. The molecule has 0 aliphatic carbocycles. The fraction of sp³-hybridized carbons (Fsp3) is 0.231. The van der Waals surface area contributed by atoms with E-state index in [4.69, 9.17) is 9.72 Å². The molecule has 2 heterocycles. The molecule has 0 spiro atoms. The third kappa shape index (κ3) is 3.97. The molecule has 4 aromatic rings. The zero-order chi connectivity index (χ0) is 21.9. The van der Waals surface area contributed by atoms with Crippen LogP contribution >= 0.6 is 0 Å². The molecule has 5 rings (SSSR count). The lowest BCUT2D eigenvalue weighted by Gasteiger charge is -2.09. The average molecular weight is 427 g/mol.